The minimum atomic E-state index is -0.891. The van der Waals surface area contributed by atoms with Crippen LogP contribution in [0.15, 0.2) is 42.5 Å². The predicted molar refractivity (Wildman–Crippen MR) is 96.9 cm³/mol. The molecule has 1 N–H and O–H groups in total. The maximum absolute atomic E-state index is 13.4. The average molecular weight is 375 g/mol. The van der Waals surface area contributed by atoms with Gasteiger partial charge in [-0.15, -0.1) is 0 Å². The largest absolute Gasteiger partial charge is 0.465 e. The van der Waals surface area contributed by atoms with Crippen LogP contribution in [0.25, 0.3) is 0 Å². The van der Waals surface area contributed by atoms with Gasteiger partial charge in [-0.2, -0.15) is 0 Å². The van der Waals surface area contributed by atoms with Gasteiger partial charge in [-0.3, -0.25) is 0 Å². The van der Waals surface area contributed by atoms with Gasteiger partial charge in [0.05, 0.1) is 12.7 Å². The summed E-state index contributed by atoms with van der Waals surface area (Å²) in [6, 6.07) is 9.96. The molecule has 1 aliphatic heterocycles. The molecule has 3 rings (SSSR count). The van der Waals surface area contributed by atoms with Crippen LogP contribution in [0.4, 0.5) is 25.0 Å². The number of carbonyl (C=O) groups excluding carboxylic acids is 2. The second-order valence-corrected chi connectivity index (χ2v) is 6.08. The van der Waals surface area contributed by atoms with E-state index in [2.05, 4.69) is 10.1 Å². The van der Waals surface area contributed by atoms with E-state index in [1.807, 2.05) is 4.90 Å². The van der Waals surface area contributed by atoms with Gasteiger partial charge in [-0.05, 0) is 30.3 Å². The molecular weight excluding hydrogens is 356 g/mol. The number of urea groups is 1. The average Bonchev–Trinajstić information content (AvgIpc) is 2.69. The molecule has 1 aliphatic rings. The summed E-state index contributed by atoms with van der Waals surface area (Å²) in [5.41, 5.74) is 1.42. The second kappa shape index (κ2) is 8.03. The number of ether oxygens (including phenoxy) is 1. The zero-order valence-electron chi connectivity index (χ0n) is 14.7. The first-order valence-electron chi connectivity index (χ1n) is 8.42. The Hall–Kier alpha value is -3.16. The maximum atomic E-state index is 13.4. The highest BCUT2D eigenvalue weighted by Gasteiger charge is 2.22. The maximum Gasteiger partial charge on any atom is 0.337 e. The van der Waals surface area contributed by atoms with Crippen LogP contribution in [0.5, 0.6) is 0 Å². The van der Waals surface area contributed by atoms with Gasteiger partial charge in [0.2, 0.25) is 0 Å². The second-order valence-electron chi connectivity index (χ2n) is 6.08. The van der Waals surface area contributed by atoms with Gasteiger partial charge >= 0.3 is 12.0 Å². The van der Waals surface area contributed by atoms with Crippen LogP contribution in [-0.4, -0.2) is 50.2 Å². The van der Waals surface area contributed by atoms with E-state index in [0.29, 0.717) is 43.1 Å². The summed E-state index contributed by atoms with van der Waals surface area (Å²) >= 11 is 0. The Bertz CT molecular complexity index is 852. The molecule has 6 nitrogen and oxygen atoms in total. The van der Waals surface area contributed by atoms with Crippen LogP contribution in [0.2, 0.25) is 0 Å². The molecule has 0 aromatic heterocycles. The number of hydrogen-bond acceptors (Lipinski definition) is 4. The Kier molecular flexibility index (Phi) is 5.54. The number of benzene rings is 2. The van der Waals surface area contributed by atoms with E-state index in [1.165, 1.54) is 13.2 Å². The van der Waals surface area contributed by atoms with E-state index in [-0.39, 0.29) is 6.03 Å². The van der Waals surface area contributed by atoms with E-state index in [0.717, 1.165) is 12.1 Å². The van der Waals surface area contributed by atoms with Gasteiger partial charge in [-0.25, -0.2) is 18.4 Å². The van der Waals surface area contributed by atoms with Crippen molar-refractivity contribution in [2.45, 2.75) is 0 Å². The summed E-state index contributed by atoms with van der Waals surface area (Å²) < 4.78 is 31.1. The molecule has 1 fully saturated rings. The number of esters is 1. The lowest BCUT2D eigenvalue weighted by atomic mass is 10.2. The van der Waals surface area contributed by atoms with Crippen LogP contribution in [0, 0.1) is 11.6 Å². The molecule has 27 heavy (non-hydrogen) atoms. The van der Waals surface area contributed by atoms with Crippen molar-refractivity contribution in [3.63, 3.8) is 0 Å². The Morgan fingerprint density at radius 1 is 1.00 bits per heavy atom. The first-order chi connectivity index (χ1) is 13.0. The van der Waals surface area contributed by atoms with Crippen molar-refractivity contribution in [1.29, 1.82) is 0 Å². The Balaban J connectivity index is 1.58. The van der Waals surface area contributed by atoms with E-state index >= 15 is 0 Å². The SMILES string of the molecule is COC(=O)c1cccc(NC(=O)N2CCN(c3ccc(F)c(F)c3)CC2)c1. The summed E-state index contributed by atoms with van der Waals surface area (Å²) in [5.74, 6) is -2.25. The molecule has 2 aromatic rings. The van der Waals surface area contributed by atoms with Gasteiger partial charge in [-0.1, -0.05) is 6.07 Å². The Morgan fingerprint density at radius 2 is 1.74 bits per heavy atom. The van der Waals surface area contributed by atoms with E-state index < -0.39 is 17.6 Å². The summed E-state index contributed by atoms with van der Waals surface area (Å²) in [6.45, 7) is 1.87. The highest BCUT2D eigenvalue weighted by atomic mass is 19.2. The zero-order chi connectivity index (χ0) is 19.4. The van der Waals surface area contributed by atoms with Crippen molar-refractivity contribution in [3.8, 4) is 0 Å². The van der Waals surface area contributed by atoms with Crippen molar-refractivity contribution in [1.82, 2.24) is 4.90 Å². The lowest BCUT2D eigenvalue weighted by Crippen LogP contribution is -2.50. The van der Waals surface area contributed by atoms with Gasteiger partial charge in [0, 0.05) is 43.6 Å². The third-order valence-corrected chi connectivity index (χ3v) is 4.37. The zero-order valence-corrected chi connectivity index (χ0v) is 14.7. The number of methoxy groups -OCH3 is 1. The lowest BCUT2D eigenvalue weighted by Gasteiger charge is -2.36. The smallest absolute Gasteiger partial charge is 0.337 e. The molecule has 2 aromatic carbocycles. The van der Waals surface area contributed by atoms with Crippen LogP contribution in [-0.2, 0) is 4.74 Å². The van der Waals surface area contributed by atoms with Gasteiger partial charge in [0.25, 0.3) is 0 Å². The van der Waals surface area contributed by atoms with Crippen molar-refractivity contribution >= 4 is 23.4 Å². The molecule has 0 unspecified atom stereocenters. The monoisotopic (exact) mass is 375 g/mol. The first kappa shape index (κ1) is 18.6. The van der Waals surface area contributed by atoms with Gasteiger partial charge in [0.15, 0.2) is 11.6 Å². The third-order valence-electron chi connectivity index (χ3n) is 4.37. The van der Waals surface area contributed by atoms with Crippen LogP contribution in [0.3, 0.4) is 0 Å². The van der Waals surface area contributed by atoms with E-state index in [4.69, 9.17) is 0 Å². The first-order valence-corrected chi connectivity index (χ1v) is 8.42. The van der Waals surface area contributed by atoms with Crippen LogP contribution < -0.4 is 10.2 Å². The molecule has 0 spiro atoms. The minimum absolute atomic E-state index is 0.290. The standard InChI is InChI=1S/C19H19F2N3O3/c1-27-18(25)13-3-2-4-14(11-13)22-19(26)24-9-7-23(8-10-24)15-5-6-16(20)17(21)12-15/h2-6,11-12H,7-10H2,1H3,(H,22,26). The molecule has 8 heteroatoms. The highest BCUT2D eigenvalue weighted by molar-refractivity contribution is 5.94. The number of nitrogens with zero attached hydrogens (tertiary/aromatic N) is 2. The van der Waals surface area contributed by atoms with Crippen molar-refractivity contribution in [2.75, 3.05) is 43.5 Å². The number of carbonyl (C=O) groups is 2. The number of amides is 2. The number of halogens is 2. The summed E-state index contributed by atoms with van der Waals surface area (Å²) in [7, 11) is 1.29. The fourth-order valence-corrected chi connectivity index (χ4v) is 2.89. The highest BCUT2D eigenvalue weighted by Crippen LogP contribution is 2.20. The fourth-order valence-electron chi connectivity index (χ4n) is 2.89. The molecule has 0 aliphatic carbocycles. The van der Waals surface area contributed by atoms with Crippen molar-refractivity contribution < 1.29 is 23.1 Å². The fraction of sp³-hybridized carbons (Fsp3) is 0.263. The summed E-state index contributed by atoms with van der Waals surface area (Å²) in [6.07, 6.45) is 0. The molecule has 0 bridgehead atoms. The number of hydrogen-bond donors (Lipinski definition) is 1. The number of piperazine rings is 1. The molecular formula is C19H19F2N3O3. The molecule has 1 heterocycles. The van der Waals surface area contributed by atoms with Crippen molar-refractivity contribution in [2.24, 2.45) is 0 Å². The van der Waals surface area contributed by atoms with E-state index in [1.54, 1.807) is 29.2 Å². The normalized spacial score (nSPS) is 14.0. The van der Waals surface area contributed by atoms with Crippen LogP contribution >= 0.6 is 0 Å². The molecule has 2 amide bonds. The Labute approximate surface area is 155 Å². The number of rotatable bonds is 3. The minimum Gasteiger partial charge on any atom is -0.465 e. The molecule has 0 saturated carbocycles. The van der Waals surface area contributed by atoms with Crippen LogP contribution in [0.1, 0.15) is 10.4 Å². The topological polar surface area (TPSA) is 61.9 Å². The third kappa shape index (κ3) is 4.33. The Morgan fingerprint density at radius 3 is 2.41 bits per heavy atom. The van der Waals surface area contributed by atoms with E-state index in [9.17, 15) is 18.4 Å². The summed E-state index contributed by atoms with van der Waals surface area (Å²) in [5, 5.41) is 2.75. The quantitative estimate of drug-likeness (QED) is 0.838. The molecule has 0 radical (unpaired) electrons. The predicted octanol–water partition coefficient (Wildman–Crippen LogP) is 3.11. The van der Waals surface area contributed by atoms with Gasteiger partial charge in [0.1, 0.15) is 0 Å². The summed E-state index contributed by atoms with van der Waals surface area (Å²) in [4.78, 5) is 27.5. The molecule has 1 saturated heterocycles. The number of anilines is 2. The molecule has 0 atom stereocenters. The number of nitrogens with one attached hydrogen (secondary N) is 1. The molecule has 142 valence electrons. The lowest BCUT2D eigenvalue weighted by molar-refractivity contribution is 0.0600. The van der Waals surface area contributed by atoms with Crippen molar-refractivity contribution in [3.05, 3.63) is 59.7 Å². The van der Waals surface area contributed by atoms with Gasteiger partial charge < -0.3 is 19.9 Å².